The second-order valence-corrected chi connectivity index (χ2v) is 9.16. The van der Waals surface area contributed by atoms with Crippen LogP contribution in [0.5, 0.6) is 0 Å². The number of benzene rings is 1. The maximum atomic E-state index is 14.3. The highest BCUT2D eigenvalue weighted by atomic mass is 32.2. The van der Waals surface area contributed by atoms with Crippen molar-refractivity contribution in [3.8, 4) is 0 Å². The van der Waals surface area contributed by atoms with E-state index >= 15 is 0 Å². The lowest BCUT2D eigenvalue weighted by atomic mass is 10.2. The number of carboxylic acid groups (broad SMARTS) is 1. The van der Waals surface area contributed by atoms with Crippen molar-refractivity contribution in [2.24, 2.45) is 4.99 Å². The second kappa shape index (κ2) is 7.33. The molecule has 1 aromatic rings. The maximum Gasteiger partial charge on any atom is 0.329 e. The van der Waals surface area contributed by atoms with E-state index in [0.29, 0.717) is 0 Å². The topological polar surface area (TPSA) is 113 Å². The number of rotatable bonds is 5. The van der Waals surface area contributed by atoms with Gasteiger partial charge in [-0.15, -0.1) is 0 Å². The van der Waals surface area contributed by atoms with E-state index in [1.807, 2.05) is 0 Å². The largest absolute Gasteiger partial charge is 0.480 e. The van der Waals surface area contributed by atoms with E-state index < -0.39 is 46.8 Å². The Morgan fingerprint density at radius 1 is 1.31 bits per heavy atom. The SMILES string of the molecule is O=C(O)COCC(=O)N=C1S[C@@H]2CS(=O)(=O)C[C@@H]2N1c1ccccc1F. The van der Waals surface area contributed by atoms with Crippen molar-refractivity contribution in [2.75, 3.05) is 29.6 Å². The molecule has 0 aromatic heterocycles. The number of thioether (sulfide) groups is 1. The second-order valence-electron chi connectivity index (χ2n) is 5.80. The zero-order valence-corrected chi connectivity index (χ0v) is 15.0. The fourth-order valence-electron chi connectivity index (χ4n) is 2.86. The van der Waals surface area contributed by atoms with Gasteiger partial charge in [-0.05, 0) is 12.1 Å². The first-order valence-electron chi connectivity index (χ1n) is 7.59. The molecule has 2 atom stereocenters. The Morgan fingerprint density at radius 3 is 2.73 bits per heavy atom. The van der Waals surface area contributed by atoms with Gasteiger partial charge in [-0.3, -0.25) is 4.79 Å². The van der Waals surface area contributed by atoms with Crippen molar-refractivity contribution in [2.45, 2.75) is 11.3 Å². The lowest BCUT2D eigenvalue weighted by molar-refractivity contribution is -0.143. The van der Waals surface area contributed by atoms with Crippen molar-refractivity contribution >= 4 is 44.3 Å². The van der Waals surface area contributed by atoms with Gasteiger partial charge in [0, 0.05) is 5.25 Å². The summed E-state index contributed by atoms with van der Waals surface area (Å²) < 4.78 is 42.8. The summed E-state index contributed by atoms with van der Waals surface area (Å²) in [6, 6.07) is 5.33. The van der Waals surface area contributed by atoms with Crippen molar-refractivity contribution in [1.82, 2.24) is 0 Å². The first kappa shape index (κ1) is 18.8. The summed E-state index contributed by atoms with van der Waals surface area (Å²) >= 11 is 1.10. The number of carbonyl (C=O) groups excluding carboxylic acids is 1. The quantitative estimate of drug-likeness (QED) is 0.759. The van der Waals surface area contributed by atoms with Gasteiger partial charge < -0.3 is 14.7 Å². The molecule has 140 valence electrons. The third kappa shape index (κ3) is 4.05. The van der Waals surface area contributed by atoms with E-state index in [0.717, 1.165) is 11.8 Å². The molecule has 3 rings (SSSR count). The molecule has 1 aromatic carbocycles. The zero-order chi connectivity index (χ0) is 18.9. The Balaban J connectivity index is 1.87. The van der Waals surface area contributed by atoms with Gasteiger partial charge in [-0.1, -0.05) is 23.9 Å². The number of aliphatic carboxylic acids is 1. The van der Waals surface area contributed by atoms with Crippen LogP contribution in [-0.2, 0) is 24.2 Å². The Kier molecular flexibility index (Phi) is 5.30. The summed E-state index contributed by atoms with van der Waals surface area (Å²) in [5, 5.41) is 8.34. The molecule has 1 amide bonds. The van der Waals surface area contributed by atoms with Crippen molar-refractivity contribution < 1.29 is 32.2 Å². The monoisotopic (exact) mass is 402 g/mol. The van der Waals surface area contributed by atoms with E-state index in [1.165, 1.54) is 23.1 Å². The zero-order valence-electron chi connectivity index (χ0n) is 13.4. The highest BCUT2D eigenvalue weighted by Crippen LogP contribution is 2.41. The lowest BCUT2D eigenvalue weighted by Gasteiger charge is -2.24. The Labute approximate surface area is 153 Å². The Bertz CT molecular complexity index is 873. The van der Waals surface area contributed by atoms with Crippen LogP contribution in [0.15, 0.2) is 29.3 Å². The van der Waals surface area contributed by atoms with Crippen molar-refractivity contribution in [1.29, 1.82) is 0 Å². The van der Waals surface area contributed by atoms with Gasteiger partial charge >= 0.3 is 5.97 Å². The number of nitrogens with zero attached hydrogens (tertiary/aromatic N) is 2. The van der Waals surface area contributed by atoms with Gasteiger partial charge in [-0.2, -0.15) is 4.99 Å². The molecule has 2 heterocycles. The molecule has 26 heavy (non-hydrogen) atoms. The van der Waals surface area contributed by atoms with Gasteiger partial charge in [0.1, 0.15) is 19.0 Å². The molecule has 8 nitrogen and oxygen atoms in total. The number of hydrogen-bond donors (Lipinski definition) is 1. The highest BCUT2D eigenvalue weighted by molar-refractivity contribution is 8.16. The molecule has 0 radical (unpaired) electrons. The summed E-state index contributed by atoms with van der Waals surface area (Å²) in [5.74, 6) is -2.72. The number of carbonyl (C=O) groups is 2. The highest BCUT2D eigenvalue weighted by Gasteiger charge is 2.49. The number of anilines is 1. The number of aliphatic imine (C=N–C) groups is 1. The normalized spacial score (nSPS) is 25.4. The standard InChI is InChI=1S/C15H15FN2O6S2/c16-9-3-1-2-4-10(9)18-11-7-26(22,23)8-12(11)25-15(18)17-13(19)5-24-6-14(20)21/h1-4,11-12H,5-8H2,(H,20,21)/t11-,12+/m0/s1. The number of carboxylic acids is 1. The third-order valence-corrected chi connectivity index (χ3v) is 7.06. The molecule has 0 unspecified atom stereocenters. The number of hydrogen-bond acceptors (Lipinski definition) is 6. The summed E-state index contributed by atoms with van der Waals surface area (Å²) in [7, 11) is -3.25. The van der Waals surface area contributed by atoms with Gasteiger partial charge in [-0.25, -0.2) is 17.6 Å². The number of para-hydroxylation sites is 1. The van der Waals surface area contributed by atoms with Crippen LogP contribution in [0.1, 0.15) is 0 Å². The van der Waals surface area contributed by atoms with E-state index in [-0.39, 0.29) is 27.6 Å². The average Bonchev–Trinajstić information content (AvgIpc) is 2.98. The summed E-state index contributed by atoms with van der Waals surface area (Å²) in [6.45, 7) is -1.17. The van der Waals surface area contributed by atoms with Crippen LogP contribution in [-0.4, -0.2) is 66.6 Å². The number of sulfone groups is 1. The third-order valence-electron chi connectivity index (χ3n) is 3.85. The molecule has 2 aliphatic rings. The van der Waals surface area contributed by atoms with Crippen LogP contribution in [0.3, 0.4) is 0 Å². The average molecular weight is 402 g/mol. The Morgan fingerprint density at radius 2 is 2.04 bits per heavy atom. The lowest BCUT2D eigenvalue weighted by Crippen LogP contribution is -2.38. The van der Waals surface area contributed by atoms with Gasteiger partial charge in [0.25, 0.3) is 5.91 Å². The summed E-state index contributed by atoms with van der Waals surface area (Å²) in [4.78, 5) is 27.7. The van der Waals surface area contributed by atoms with E-state index in [4.69, 9.17) is 9.84 Å². The molecule has 2 aliphatic heterocycles. The predicted octanol–water partition coefficient (Wildman–Crippen LogP) is 0.528. The molecule has 0 bridgehead atoms. The molecule has 1 N–H and O–H groups in total. The predicted molar refractivity (Wildman–Crippen MR) is 93.6 cm³/mol. The van der Waals surface area contributed by atoms with Crippen LogP contribution in [0.2, 0.25) is 0 Å². The van der Waals surface area contributed by atoms with Crippen LogP contribution < -0.4 is 4.90 Å². The van der Waals surface area contributed by atoms with Gasteiger partial charge in [0.15, 0.2) is 15.0 Å². The number of halogens is 1. The molecule has 0 aliphatic carbocycles. The molecule has 0 saturated carbocycles. The number of amidine groups is 1. The van der Waals surface area contributed by atoms with Crippen LogP contribution in [0, 0.1) is 5.82 Å². The van der Waals surface area contributed by atoms with Crippen molar-refractivity contribution in [3.63, 3.8) is 0 Å². The number of ether oxygens (including phenoxy) is 1. The minimum Gasteiger partial charge on any atom is -0.480 e. The molecular weight excluding hydrogens is 387 g/mol. The first-order valence-corrected chi connectivity index (χ1v) is 10.3. The minimum atomic E-state index is -3.25. The van der Waals surface area contributed by atoms with E-state index in [9.17, 15) is 22.4 Å². The van der Waals surface area contributed by atoms with Crippen LogP contribution in [0.25, 0.3) is 0 Å². The number of amides is 1. The first-order chi connectivity index (χ1) is 12.3. The number of fused-ring (bicyclic) bond motifs is 1. The fourth-order valence-corrected chi connectivity index (χ4v) is 6.78. The van der Waals surface area contributed by atoms with E-state index in [2.05, 4.69) is 4.99 Å². The smallest absolute Gasteiger partial charge is 0.329 e. The van der Waals surface area contributed by atoms with Crippen LogP contribution >= 0.6 is 11.8 Å². The van der Waals surface area contributed by atoms with Crippen LogP contribution in [0.4, 0.5) is 10.1 Å². The van der Waals surface area contributed by atoms with E-state index in [1.54, 1.807) is 6.07 Å². The molecule has 2 saturated heterocycles. The fraction of sp³-hybridized carbons (Fsp3) is 0.400. The minimum absolute atomic E-state index is 0.0734. The molecule has 11 heteroatoms. The molecular formula is C15H15FN2O6S2. The summed E-state index contributed by atoms with van der Waals surface area (Å²) in [5.41, 5.74) is 0.141. The maximum absolute atomic E-state index is 14.3. The van der Waals surface area contributed by atoms with Gasteiger partial charge in [0.2, 0.25) is 0 Å². The molecule has 0 spiro atoms. The molecule has 2 fully saturated rings. The summed E-state index contributed by atoms with van der Waals surface area (Å²) in [6.07, 6.45) is 0. The van der Waals surface area contributed by atoms with Crippen molar-refractivity contribution in [3.05, 3.63) is 30.1 Å². The van der Waals surface area contributed by atoms with Gasteiger partial charge in [0.05, 0.1) is 23.2 Å². The Hall–Kier alpha value is -1.98.